The highest BCUT2D eigenvalue weighted by Gasteiger charge is 2.16. The zero-order valence-electron chi connectivity index (χ0n) is 21.4. The summed E-state index contributed by atoms with van der Waals surface area (Å²) in [7, 11) is -3.88. The molecule has 202 valence electrons. The van der Waals surface area contributed by atoms with Crippen molar-refractivity contribution in [3.05, 3.63) is 102 Å². The Morgan fingerprint density at radius 3 is 2.58 bits per heavy atom. The number of para-hydroxylation sites is 1. The summed E-state index contributed by atoms with van der Waals surface area (Å²) in [4.78, 5) is 24.0. The summed E-state index contributed by atoms with van der Waals surface area (Å²) in [6.45, 7) is 1.93. The van der Waals surface area contributed by atoms with Crippen molar-refractivity contribution < 1.29 is 13.2 Å². The third-order valence-corrected chi connectivity index (χ3v) is 7.57. The van der Waals surface area contributed by atoms with Crippen LogP contribution in [0.4, 0.5) is 23.0 Å². The summed E-state index contributed by atoms with van der Waals surface area (Å²) in [5, 5.41) is 7.19. The van der Waals surface area contributed by atoms with E-state index >= 15 is 0 Å². The second-order valence-corrected chi connectivity index (χ2v) is 10.9. The van der Waals surface area contributed by atoms with Crippen LogP contribution in [-0.4, -0.2) is 29.3 Å². The second-order valence-electron chi connectivity index (χ2n) is 8.77. The van der Waals surface area contributed by atoms with Crippen molar-refractivity contribution in [1.29, 1.82) is 0 Å². The fourth-order valence-corrected chi connectivity index (χ4v) is 5.26. The Morgan fingerprint density at radius 1 is 1.00 bits per heavy atom. The lowest BCUT2D eigenvalue weighted by atomic mass is 10.1. The van der Waals surface area contributed by atoms with Crippen molar-refractivity contribution in [3.8, 4) is 11.3 Å². The molecular weight excluding hydrogens is 548 g/mol. The van der Waals surface area contributed by atoms with Gasteiger partial charge in [-0.3, -0.25) is 9.52 Å². The number of carbonyl (C=O) groups excluding carboxylic acids is 1. The quantitative estimate of drug-likeness (QED) is 0.145. The summed E-state index contributed by atoms with van der Waals surface area (Å²) in [6.07, 6.45) is 7.29. The molecule has 40 heavy (non-hydrogen) atoms. The molecule has 0 aliphatic rings. The van der Waals surface area contributed by atoms with Gasteiger partial charge in [-0.2, -0.15) is 0 Å². The number of nitrogens with zero attached hydrogens (tertiary/aromatic N) is 2. The van der Waals surface area contributed by atoms with Gasteiger partial charge in [-0.25, -0.2) is 18.4 Å². The number of rotatable bonds is 9. The number of aromatic nitrogens is 3. The molecule has 1 amide bonds. The number of amides is 1. The number of anilines is 4. The Bertz CT molecular complexity index is 1820. The lowest BCUT2D eigenvalue weighted by molar-refractivity contribution is -0.111. The van der Waals surface area contributed by atoms with E-state index in [0.717, 1.165) is 22.9 Å². The second kappa shape index (κ2) is 11.6. The van der Waals surface area contributed by atoms with Gasteiger partial charge >= 0.3 is 0 Å². The van der Waals surface area contributed by atoms with E-state index in [9.17, 15) is 13.2 Å². The van der Waals surface area contributed by atoms with E-state index in [2.05, 4.69) is 30.3 Å². The normalized spacial score (nSPS) is 11.6. The van der Waals surface area contributed by atoms with Gasteiger partial charge in [0.25, 0.3) is 10.0 Å². The molecule has 0 spiro atoms. The average Bonchev–Trinajstić information content (AvgIpc) is 3.37. The van der Waals surface area contributed by atoms with Crippen LogP contribution in [0.1, 0.15) is 13.3 Å². The van der Waals surface area contributed by atoms with Crippen molar-refractivity contribution in [3.63, 3.8) is 0 Å². The van der Waals surface area contributed by atoms with Crippen LogP contribution in [0.25, 0.3) is 22.2 Å². The van der Waals surface area contributed by atoms with Crippen LogP contribution in [-0.2, 0) is 14.8 Å². The number of hydrogen-bond acceptors (Lipinski definition) is 6. The van der Waals surface area contributed by atoms with Crippen molar-refractivity contribution in [2.75, 3.05) is 15.4 Å². The fourth-order valence-electron chi connectivity index (χ4n) is 4.01. The minimum absolute atomic E-state index is 0.0531. The number of fused-ring (bicyclic) bond motifs is 1. The molecule has 0 radical (unpaired) electrons. The minimum atomic E-state index is -3.88. The van der Waals surface area contributed by atoms with Crippen molar-refractivity contribution >= 4 is 61.4 Å². The highest BCUT2D eigenvalue weighted by atomic mass is 35.5. The monoisotopic (exact) mass is 572 g/mol. The topological polar surface area (TPSA) is 129 Å². The van der Waals surface area contributed by atoms with Crippen LogP contribution < -0.4 is 15.4 Å². The van der Waals surface area contributed by atoms with Gasteiger partial charge in [0.2, 0.25) is 11.9 Å². The standard InChI is InChI=1S/C29H25ClN6O3S/c1-2-3-11-27(37)33-19-12-14-22(15-13-19)40(38,39)36-21-8-6-7-20(16-21)34-29-32-18-25(30)28(35-29)24-17-31-26-10-5-4-9-23(24)26/h3-18,31,36H,2H2,1H3,(H,33,37)(H,32,34,35)/b11-3+. The van der Waals surface area contributed by atoms with E-state index < -0.39 is 10.0 Å². The largest absolute Gasteiger partial charge is 0.360 e. The summed E-state index contributed by atoms with van der Waals surface area (Å²) in [5.74, 6) is 0.0224. The van der Waals surface area contributed by atoms with E-state index in [1.54, 1.807) is 30.3 Å². The first-order valence-electron chi connectivity index (χ1n) is 12.4. The summed E-state index contributed by atoms with van der Waals surface area (Å²) >= 11 is 6.43. The van der Waals surface area contributed by atoms with Gasteiger partial charge < -0.3 is 15.6 Å². The van der Waals surface area contributed by atoms with Gasteiger partial charge in [-0.05, 0) is 61.0 Å². The first-order chi connectivity index (χ1) is 19.3. The third-order valence-electron chi connectivity index (χ3n) is 5.90. The van der Waals surface area contributed by atoms with Gasteiger partial charge in [0.15, 0.2) is 0 Å². The number of H-pyrrole nitrogens is 1. The highest BCUT2D eigenvalue weighted by molar-refractivity contribution is 7.92. The molecule has 0 aliphatic carbocycles. The molecule has 4 N–H and O–H groups in total. The Hall–Kier alpha value is -4.67. The summed E-state index contributed by atoms with van der Waals surface area (Å²) < 4.78 is 28.6. The van der Waals surface area contributed by atoms with E-state index in [1.807, 2.05) is 37.4 Å². The van der Waals surface area contributed by atoms with Crippen LogP contribution in [0, 0.1) is 0 Å². The average molecular weight is 573 g/mol. The maximum atomic E-state index is 13.0. The molecule has 0 atom stereocenters. The molecule has 11 heteroatoms. The summed E-state index contributed by atoms with van der Waals surface area (Å²) in [5.41, 5.74) is 3.78. The highest BCUT2D eigenvalue weighted by Crippen LogP contribution is 2.33. The molecule has 0 unspecified atom stereocenters. The zero-order chi connectivity index (χ0) is 28.1. The fraction of sp³-hybridized carbons (Fsp3) is 0.0690. The van der Waals surface area contributed by atoms with E-state index in [4.69, 9.17) is 11.6 Å². The number of benzene rings is 3. The Kier molecular flexibility index (Phi) is 7.81. The molecule has 9 nitrogen and oxygen atoms in total. The van der Waals surface area contributed by atoms with Crippen LogP contribution >= 0.6 is 11.6 Å². The molecule has 0 bridgehead atoms. The molecular formula is C29H25ClN6O3S. The maximum absolute atomic E-state index is 13.0. The Balaban J connectivity index is 1.31. The molecule has 5 rings (SSSR count). The molecule has 3 aromatic carbocycles. The molecule has 5 aromatic rings. The van der Waals surface area contributed by atoms with Gasteiger partial charge in [-0.15, -0.1) is 0 Å². The predicted octanol–water partition coefficient (Wildman–Crippen LogP) is 6.73. The smallest absolute Gasteiger partial charge is 0.261 e. The van der Waals surface area contributed by atoms with Crippen molar-refractivity contribution in [1.82, 2.24) is 15.0 Å². The van der Waals surface area contributed by atoms with Gasteiger partial charge in [0.1, 0.15) is 0 Å². The van der Waals surface area contributed by atoms with E-state index in [0.29, 0.717) is 33.7 Å². The van der Waals surface area contributed by atoms with Crippen LogP contribution in [0.3, 0.4) is 0 Å². The first-order valence-corrected chi connectivity index (χ1v) is 14.2. The van der Waals surface area contributed by atoms with Gasteiger partial charge in [0.05, 0.1) is 27.5 Å². The molecule has 0 aliphatic heterocycles. The lowest BCUT2D eigenvalue weighted by Gasteiger charge is -2.12. The third kappa shape index (κ3) is 6.14. The van der Waals surface area contributed by atoms with Gasteiger partial charge in [-0.1, -0.05) is 48.9 Å². The molecule has 0 fully saturated rings. The molecule has 2 aromatic heterocycles. The van der Waals surface area contributed by atoms with Crippen LogP contribution in [0.15, 0.2) is 102 Å². The van der Waals surface area contributed by atoms with Crippen molar-refractivity contribution in [2.45, 2.75) is 18.2 Å². The SMILES string of the molecule is CC/C=C/C(=O)Nc1ccc(S(=O)(=O)Nc2cccc(Nc3ncc(Cl)c(-c4c[nH]c5ccccc45)n3)c2)cc1. The number of hydrogen-bond donors (Lipinski definition) is 4. The van der Waals surface area contributed by atoms with E-state index in [-0.39, 0.29) is 10.8 Å². The van der Waals surface area contributed by atoms with E-state index in [1.165, 1.54) is 36.5 Å². The maximum Gasteiger partial charge on any atom is 0.261 e. The number of allylic oxidation sites excluding steroid dienone is 1. The number of carbonyl (C=O) groups is 1. The van der Waals surface area contributed by atoms with Crippen LogP contribution in [0.2, 0.25) is 5.02 Å². The summed E-state index contributed by atoms with van der Waals surface area (Å²) in [6, 6.07) is 20.5. The lowest BCUT2D eigenvalue weighted by Crippen LogP contribution is -2.13. The number of sulfonamides is 1. The number of aromatic amines is 1. The molecule has 2 heterocycles. The van der Waals surface area contributed by atoms with Gasteiger partial charge in [0, 0.05) is 34.0 Å². The predicted molar refractivity (Wildman–Crippen MR) is 159 cm³/mol. The van der Waals surface area contributed by atoms with Crippen molar-refractivity contribution in [2.24, 2.45) is 0 Å². The minimum Gasteiger partial charge on any atom is -0.360 e. The number of halogens is 1. The Morgan fingerprint density at radius 2 is 1.77 bits per heavy atom. The molecule has 0 saturated heterocycles. The van der Waals surface area contributed by atoms with Crippen LogP contribution in [0.5, 0.6) is 0 Å². The number of nitrogens with one attached hydrogen (secondary N) is 4. The zero-order valence-corrected chi connectivity index (χ0v) is 22.9. The molecule has 0 saturated carbocycles. The first kappa shape index (κ1) is 26.9. The Labute approximate surface area is 236 Å².